The van der Waals surface area contributed by atoms with Gasteiger partial charge < -0.3 is 5.11 Å². The van der Waals surface area contributed by atoms with Crippen LogP contribution in [0.1, 0.15) is 81.5 Å². The molecule has 1 saturated heterocycles. The number of rotatable bonds is 4. The lowest BCUT2D eigenvalue weighted by atomic mass is 9.95. The monoisotopic (exact) mass is 427 g/mol. The van der Waals surface area contributed by atoms with Crippen molar-refractivity contribution < 1.29 is 5.11 Å². The average molecular weight is 428 g/mol. The van der Waals surface area contributed by atoms with Gasteiger partial charge in [0.2, 0.25) is 5.88 Å². The normalized spacial score (nSPS) is 21.0. The first-order chi connectivity index (χ1) is 14.6. The number of aromatic hydroxyl groups is 1. The van der Waals surface area contributed by atoms with Gasteiger partial charge in [-0.05, 0) is 62.9 Å². The Balaban J connectivity index is 1.71. The van der Waals surface area contributed by atoms with E-state index in [4.69, 9.17) is 17.3 Å². The van der Waals surface area contributed by atoms with Crippen molar-refractivity contribution in [2.45, 2.75) is 70.4 Å². The average Bonchev–Trinajstić information content (AvgIpc) is 2.75. The van der Waals surface area contributed by atoms with E-state index in [1.54, 1.807) is 17.7 Å². The molecule has 8 heteroatoms. The second-order valence-electron chi connectivity index (χ2n) is 8.27. The van der Waals surface area contributed by atoms with Crippen molar-refractivity contribution in [2.75, 3.05) is 6.54 Å². The molecule has 2 aromatic rings. The van der Waals surface area contributed by atoms with Crippen LogP contribution in [-0.4, -0.2) is 36.9 Å². The zero-order valence-electron chi connectivity index (χ0n) is 17.4. The van der Waals surface area contributed by atoms with E-state index in [2.05, 4.69) is 16.0 Å². The molecule has 3 heterocycles. The van der Waals surface area contributed by atoms with Crippen LogP contribution in [0.5, 0.6) is 5.88 Å². The minimum absolute atomic E-state index is 0.0631. The minimum Gasteiger partial charge on any atom is -0.494 e. The topological polar surface area (TPSA) is 86.5 Å². The number of H-pyrrole nitrogens is 1. The molecule has 0 aromatic carbocycles. The highest BCUT2D eigenvalue weighted by Gasteiger charge is 2.26. The molecule has 2 aromatic heterocycles. The number of hydrogen-bond donors (Lipinski definition) is 2. The van der Waals surface area contributed by atoms with Gasteiger partial charge in [0.05, 0.1) is 11.8 Å². The van der Waals surface area contributed by atoms with Crippen LogP contribution in [0.2, 0.25) is 0 Å². The molecule has 2 fully saturated rings. The number of piperidine rings is 1. The Morgan fingerprint density at radius 2 is 2.00 bits per heavy atom. The summed E-state index contributed by atoms with van der Waals surface area (Å²) in [5.41, 5.74) is 1.44. The van der Waals surface area contributed by atoms with E-state index in [1.165, 1.54) is 6.42 Å². The van der Waals surface area contributed by atoms with Crippen molar-refractivity contribution in [2.24, 2.45) is 5.10 Å². The molecule has 0 spiro atoms. The maximum absolute atomic E-state index is 12.7. The lowest BCUT2D eigenvalue weighted by Crippen LogP contribution is -2.31. The summed E-state index contributed by atoms with van der Waals surface area (Å²) in [6, 6.07) is 4.23. The van der Waals surface area contributed by atoms with Gasteiger partial charge in [-0.1, -0.05) is 25.3 Å². The number of nitrogens with one attached hydrogen (secondary N) is 1. The molecule has 1 saturated carbocycles. The summed E-state index contributed by atoms with van der Waals surface area (Å²) in [6.45, 7) is 2.59. The molecule has 2 N–H and O–H groups in total. The molecule has 0 amide bonds. The van der Waals surface area contributed by atoms with Crippen LogP contribution in [0.4, 0.5) is 0 Å². The molecule has 1 aliphatic carbocycles. The van der Waals surface area contributed by atoms with Crippen molar-refractivity contribution in [1.82, 2.24) is 19.5 Å². The van der Waals surface area contributed by atoms with Gasteiger partial charge in [-0.15, -0.1) is 0 Å². The predicted octanol–water partition coefficient (Wildman–Crippen LogP) is 4.46. The number of hydrogen-bond acceptors (Lipinski definition) is 6. The van der Waals surface area contributed by atoms with Crippen molar-refractivity contribution in [3.05, 3.63) is 50.8 Å². The van der Waals surface area contributed by atoms with Gasteiger partial charge in [0.15, 0.2) is 4.77 Å². The van der Waals surface area contributed by atoms with Gasteiger partial charge in [-0.3, -0.25) is 24.3 Å². The number of pyridine rings is 1. The molecule has 2 aliphatic rings. The van der Waals surface area contributed by atoms with Crippen molar-refractivity contribution in [3.8, 4) is 5.88 Å². The van der Waals surface area contributed by atoms with Crippen LogP contribution in [-0.2, 0) is 0 Å². The van der Waals surface area contributed by atoms with Gasteiger partial charge in [0, 0.05) is 25.0 Å². The fourth-order valence-corrected chi connectivity index (χ4v) is 5.06. The molecule has 30 heavy (non-hydrogen) atoms. The Labute approximate surface area is 181 Å². The molecule has 4 rings (SSSR count). The number of aromatic nitrogens is 3. The first-order valence-electron chi connectivity index (χ1n) is 10.9. The number of nitrogens with zero attached hydrogens (tertiary/aromatic N) is 4. The van der Waals surface area contributed by atoms with E-state index in [9.17, 15) is 9.90 Å². The highest BCUT2D eigenvalue weighted by Crippen LogP contribution is 2.33. The van der Waals surface area contributed by atoms with Crippen molar-refractivity contribution in [3.63, 3.8) is 0 Å². The Kier molecular flexibility index (Phi) is 6.32. The van der Waals surface area contributed by atoms with Crippen LogP contribution in [0, 0.1) is 4.77 Å². The highest BCUT2D eigenvalue weighted by atomic mass is 32.1. The summed E-state index contributed by atoms with van der Waals surface area (Å²) >= 11 is 5.39. The van der Waals surface area contributed by atoms with Gasteiger partial charge >= 0.3 is 0 Å². The van der Waals surface area contributed by atoms with E-state index in [0.717, 1.165) is 57.1 Å². The Morgan fingerprint density at radius 3 is 2.73 bits per heavy atom. The first kappa shape index (κ1) is 20.8. The summed E-state index contributed by atoms with van der Waals surface area (Å²) < 4.78 is 2.01. The Hall–Kier alpha value is -2.48. The van der Waals surface area contributed by atoms with E-state index in [-0.39, 0.29) is 33.9 Å². The molecule has 0 radical (unpaired) electrons. The molecule has 1 aliphatic heterocycles. The predicted molar refractivity (Wildman–Crippen MR) is 119 cm³/mol. The summed E-state index contributed by atoms with van der Waals surface area (Å²) in [4.78, 5) is 19.7. The third-order valence-corrected chi connectivity index (χ3v) is 6.54. The zero-order chi connectivity index (χ0) is 21.1. The summed E-state index contributed by atoms with van der Waals surface area (Å²) in [5, 5.41) is 17.9. The smallest absolute Gasteiger partial charge is 0.264 e. The largest absolute Gasteiger partial charge is 0.494 e. The van der Waals surface area contributed by atoms with Crippen LogP contribution >= 0.6 is 12.2 Å². The molecule has 1 atom stereocenters. The molecular formula is C22H29N5O2S. The lowest BCUT2D eigenvalue weighted by molar-refractivity contribution is 0.155. The van der Waals surface area contributed by atoms with Crippen LogP contribution < -0.4 is 5.56 Å². The summed E-state index contributed by atoms with van der Waals surface area (Å²) in [6.07, 6.45) is 12.1. The third-order valence-electron chi connectivity index (χ3n) is 6.24. The molecule has 160 valence electrons. The quantitative estimate of drug-likeness (QED) is 0.556. The van der Waals surface area contributed by atoms with Crippen LogP contribution in [0.15, 0.2) is 34.4 Å². The van der Waals surface area contributed by atoms with Gasteiger partial charge in [-0.2, -0.15) is 5.10 Å². The molecule has 0 unspecified atom stereocenters. The van der Waals surface area contributed by atoms with Crippen molar-refractivity contribution >= 4 is 17.9 Å². The SMILES string of the molecule is CC(=NN1CCCC[C@H]1c1cccnc1)c1c(O)n(C2CCCCC2)c(=S)[nH]c1=O. The summed E-state index contributed by atoms with van der Waals surface area (Å²) in [7, 11) is 0. The second-order valence-corrected chi connectivity index (χ2v) is 8.65. The molecular weight excluding hydrogens is 398 g/mol. The maximum atomic E-state index is 12.7. The number of hydrazone groups is 1. The Morgan fingerprint density at radius 1 is 1.23 bits per heavy atom. The maximum Gasteiger partial charge on any atom is 0.264 e. The second kappa shape index (κ2) is 9.12. The van der Waals surface area contributed by atoms with Crippen LogP contribution in [0.25, 0.3) is 0 Å². The van der Waals surface area contributed by atoms with Crippen LogP contribution in [0.3, 0.4) is 0 Å². The van der Waals surface area contributed by atoms with Gasteiger partial charge in [0.25, 0.3) is 5.56 Å². The fraction of sp³-hybridized carbons (Fsp3) is 0.545. The van der Waals surface area contributed by atoms with Gasteiger partial charge in [-0.25, -0.2) is 0 Å². The van der Waals surface area contributed by atoms with Gasteiger partial charge in [0.1, 0.15) is 5.56 Å². The standard InChI is InChI=1S/C22H29N5O2S/c1-15(25-26-13-6-5-11-18(26)16-8-7-12-23-14-16)19-20(28)24-22(30)27(21(19)29)17-9-3-2-4-10-17/h7-8,12,14,17-18,29H,2-6,9-11,13H2,1H3,(H,24,28,30)/t18-/m0/s1. The van der Waals surface area contributed by atoms with E-state index in [1.807, 2.05) is 17.3 Å². The Bertz CT molecular complexity index is 1020. The summed E-state index contributed by atoms with van der Waals surface area (Å²) in [5.74, 6) is -0.0631. The molecule has 7 nitrogen and oxygen atoms in total. The van der Waals surface area contributed by atoms with Crippen molar-refractivity contribution in [1.29, 1.82) is 0 Å². The van der Waals surface area contributed by atoms with E-state index in [0.29, 0.717) is 5.71 Å². The molecule has 0 bridgehead atoms. The lowest BCUT2D eigenvalue weighted by Gasteiger charge is -2.34. The highest BCUT2D eigenvalue weighted by molar-refractivity contribution is 7.71. The first-order valence-corrected chi connectivity index (χ1v) is 11.3. The zero-order valence-corrected chi connectivity index (χ0v) is 18.2. The van der Waals surface area contributed by atoms with E-state index < -0.39 is 0 Å². The van der Waals surface area contributed by atoms with E-state index >= 15 is 0 Å². The third kappa shape index (κ3) is 4.19. The fourth-order valence-electron chi connectivity index (χ4n) is 4.73. The number of aromatic amines is 1. The minimum atomic E-state index is -0.388.